The van der Waals surface area contributed by atoms with E-state index < -0.39 is 15.6 Å². The number of hydrogen-bond acceptors (Lipinski definition) is 4. The average molecular weight is 397 g/mol. The maximum absolute atomic E-state index is 13.4. The number of hydrogen-bond donors (Lipinski definition) is 0. The highest BCUT2D eigenvalue weighted by Crippen LogP contribution is 2.33. The molecule has 0 radical (unpaired) electrons. The Balaban J connectivity index is 1.92. The normalized spacial score (nSPS) is 18.3. The highest BCUT2D eigenvalue weighted by molar-refractivity contribution is 7.89. The van der Waals surface area contributed by atoms with Gasteiger partial charge in [0.15, 0.2) is 0 Å². The summed E-state index contributed by atoms with van der Waals surface area (Å²) in [5.74, 6) is 0. The van der Waals surface area contributed by atoms with Crippen molar-refractivity contribution in [3.8, 4) is 0 Å². The number of anilines is 1. The minimum Gasteiger partial charge on any atom is -0.368 e. The monoisotopic (exact) mass is 396 g/mol. The smallest absolute Gasteiger partial charge is 0.247 e. The van der Waals surface area contributed by atoms with Crippen LogP contribution in [0.15, 0.2) is 29.2 Å². The van der Waals surface area contributed by atoms with Gasteiger partial charge in [0.1, 0.15) is 4.90 Å². The molecule has 8 heteroatoms. The molecule has 1 fully saturated rings. The van der Waals surface area contributed by atoms with E-state index >= 15 is 0 Å². The Bertz CT molecular complexity index is 919. The van der Waals surface area contributed by atoms with Crippen molar-refractivity contribution in [3.05, 3.63) is 40.7 Å². The van der Waals surface area contributed by atoms with Crippen LogP contribution >= 0.6 is 11.6 Å². The lowest BCUT2D eigenvalue weighted by Gasteiger charge is -2.46. The Morgan fingerprint density at radius 3 is 2.23 bits per heavy atom. The van der Waals surface area contributed by atoms with Crippen molar-refractivity contribution in [2.75, 3.05) is 24.5 Å². The van der Waals surface area contributed by atoms with Crippen LogP contribution in [-0.4, -0.2) is 47.7 Å². The summed E-state index contributed by atoms with van der Waals surface area (Å²) in [7, 11) is -1.85. The first-order valence-electron chi connectivity index (χ1n) is 8.57. The molecule has 142 valence electrons. The number of piperazine rings is 1. The SMILES string of the molecule is Cc1nn(C)c(C)c1S(=O)(=O)N1CCN(c2ccc(Cl)cc2)CC1(C)C. The molecule has 6 nitrogen and oxygen atoms in total. The molecule has 0 bridgehead atoms. The van der Waals surface area contributed by atoms with E-state index in [-0.39, 0.29) is 0 Å². The Kier molecular flexibility index (Phi) is 4.83. The molecule has 1 aromatic carbocycles. The van der Waals surface area contributed by atoms with Gasteiger partial charge in [-0.2, -0.15) is 9.40 Å². The fourth-order valence-electron chi connectivity index (χ4n) is 3.69. The molecule has 1 aromatic heterocycles. The van der Waals surface area contributed by atoms with E-state index in [0.717, 1.165) is 5.69 Å². The number of rotatable bonds is 3. The molecule has 3 rings (SSSR count). The Morgan fingerprint density at radius 1 is 1.12 bits per heavy atom. The number of halogens is 1. The van der Waals surface area contributed by atoms with Gasteiger partial charge < -0.3 is 4.90 Å². The van der Waals surface area contributed by atoms with Crippen LogP contribution in [0.3, 0.4) is 0 Å². The van der Waals surface area contributed by atoms with Gasteiger partial charge in [-0.3, -0.25) is 4.68 Å². The van der Waals surface area contributed by atoms with Gasteiger partial charge in [-0.25, -0.2) is 8.42 Å². The number of nitrogens with zero attached hydrogens (tertiary/aromatic N) is 4. The van der Waals surface area contributed by atoms with Crippen molar-refractivity contribution in [3.63, 3.8) is 0 Å². The van der Waals surface area contributed by atoms with Gasteiger partial charge >= 0.3 is 0 Å². The van der Waals surface area contributed by atoms with Gasteiger partial charge in [-0.05, 0) is 52.0 Å². The first-order chi connectivity index (χ1) is 12.0. The summed E-state index contributed by atoms with van der Waals surface area (Å²) in [5, 5.41) is 4.97. The molecular weight excluding hydrogens is 372 g/mol. The molecule has 26 heavy (non-hydrogen) atoms. The molecule has 1 aliphatic heterocycles. The van der Waals surface area contributed by atoms with Crippen molar-refractivity contribution < 1.29 is 8.42 Å². The van der Waals surface area contributed by atoms with Gasteiger partial charge in [0.2, 0.25) is 10.0 Å². The first kappa shape index (κ1) is 19.2. The molecular formula is C18H25ClN4O2S. The summed E-state index contributed by atoms with van der Waals surface area (Å²) in [6.45, 7) is 9.13. The minimum absolute atomic E-state index is 0.327. The summed E-state index contributed by atoms with van der Waals surface area (Å²) < 4.78 is 30.0. The van der Waals surface area contributed by atoms with Crippen LogP contribution in [0, 0.1) is 13.8 Å². The second-order valence-corrected chi connectivity index (χ2v) is 9.65. The van der Waals surface area contributed by atoms with Crippen molar-refractivity contribution in [1.82, 2.24) is 14.1 Å². The molecule has 0 atom stereocenters. The van der Waals surface area contributed by atoms with Crippen molar-refractivity contribution >= 4 is 27.3 Å². The fraction of sp³-hybridized carbons (Fsp3) is 0.500. The largest absolute Gasteiger partial charge is 0.368 e. The van der Waals surface area contributed by atoms with E-state index in [9.17, 15) is 8.42 Å². The fourth-order valence-corrected chi connectivity index (χ4v) is 5.99. The van der Waals surface area contributed by atoms with Gasteiger partial charge in [-0.15, -0.1) is 0 Å². The maximum Gasteiger partial charge on any atom is 0.247 e. The number of aromatic nitrogens is 2. The third-order valence-electron chi connectivity index (χ3n) is 5.01. The highest BCUT2D eigenvalue weighted by atomic mass is 35.5. The van der Waals surface area contributed by atoms with Crippen LogP contribution in [0.4, 0.5) is 5.69 Å². The second-order valence-electron chi connectivity index (χ2n) is 7.41. The zero-order valence-electron chi connectivity index (χ0n) is 15.8. The summed E-state index contributed by atoms with van der Waals surface area (Å²) in [6.07, 6.45) is 0. The maximum atomic E-state index is 13.4. The molecule has 0 aliphatic carbocycles. The quantitative estimate of drug-likeness (QED) is 0.800. The first-order valence-corrected chi connectivity index (χ1v) is 10.4. The van der Waals surface area contributed by atoms with Gasteiger partial charge in [-0.1, -0.05) is 11.6 Å². The van der Waals surface area contributed by atoms with E-state index in [4.69, 9.17) is 11.6 Å². The molecule has 1 saturated heterocycles. The van der Waals surface area contributed by atoms with Gasteiger partial charge in [0.25, 0.3) is 0 Å². The topological polar surface area (TPSA) is 58.4 Å². The van der Waals surface area contributed by atoms with E-state index in [1.165, 1.54) is 0 Å². The second kappa shape index (κ2) is 6.55. The highest BCUT2D eigenvalue weighted by Gasteiger charge is 2.43. The van der Waals surface area contributed by atoms with Crippen LogP contribution < -0.4 is 4.90 Å². The predicted octanol–water partition coefficient (Wildman–Crippen LogP) is 2.98. The predicted molar refractivity (Wildman–Crippen MR) is 104 cm³/mol. The summed E-state index contributed by atoms with van der Waals surface area (Å²) in [4.78, 5) is 2.53. The van der Waals surface area contributed by atoms with Gasteiger partial charge in [0.05, 0.1) is 11.4 Å². The molecule has 0 unspecified atom stereocenters. The van der Waals surface area contributed by atoms with Crippen LogP contribution in [0.2, 0.25) is 5.02 Å². The zero-order valence-corrected chi connectivity index (χ0v) is 17.4. The van der Waals surface area contributed by atoms with Crippen LogP contribution in [-0.2, 0) is 17.1 Å². The lowest BCUT2D eigenvalue weighted by molar-refractivity contribution is 0.205. The van der Waals surface area contributed by atoms with Crippen LogP contribution in [0.5, 0.6) is 0 Å². The lowest BCUT2D eigenvalue weighted by Crippen LogP contribution is -2.61. The molecule has 0 spiro atoms. The third-order valence-corrected chi connectivity index (χ3v) is 7.62. The number of benzene rings is 1. The Labute approximate surface area is 160 Å². The third kappa shape index (κ3) is 3.23. The summed E-state index contributed by atoms with van der Waals surface area (Å²) in [5.41, 5.74) is 1.71. The van der Waals surface area contributed by atoms with E-state index in [1.54, 1.807) is 29.9 Å². The number of sulfonamides is 1. The summed E-state index contributed by atoms with van der Waals surface area (Å²) in [6, 6.07) is 7.65. The van der Waals surface area contributed by atoms with Crippen molar-refractivity contribution in [1.29, 1.82) is 0 Å². The van der Waals surface area contributed by atoms with E-state index in [0.29, 0.717) is 40.9 Å². The molecule has 2 aromatic rings. The Hall–Kier alpha value is -1.57. The molecule has 1 aliphatic rings. The lowest BCUT2D eigenvalue weighted by atomic mass is 10.0. The minimum atomic E-state index is -3.62. The average Bonchev–Trinajstić information content (AvgIpc) is 2.79. The van der Waals surface area contributed by atoms with Crippen molar-refractivity contribution in [2.24, 2.45) is 7.05 Å². The van der Waals surface area contributed by atoms with Crippen molar-refractivity contribution in [2.45, 2.75) is 38.1 Å². The molecule has 0 saturated carbocycles. The van der Waals surface area contributed by atoms with E-state index in [2.05, 4.69) is 10.00 Å². The summed E-state index contributed by atoms with van der Waals surface area (Å²) >= 11 is 5.98. The van der Waals surface area contributed by atoms with Crippen LogP contribution in [0.25, 0.3) is 0 Å². The molecule has 0 amide bonds. The van der Waals surface area contributed by atoms with E-state index in [1.807, 2.05) is 38.1 Å². The zero-order chi connectivity index (χ0) is 19.3. The number of aryl methyl sites for hydroxylation is 2. The van der Waals surface area contributed by atoms with Crippen LogP contribution in [0.1, 0.15) is 25.2 Å². The molecule has 0 N–H and O–H groups in total. The molecule has 2 heterocycles. The Morgan fingerprint density at radius 2 is 1.73 bits per heavy atom. The van der Waals surface area contributed by atoms with Gasteiger partial charge in [0, 0.05) is 42.9 Å². The standard InChI is InChI=1S/C18H25ClN4O2S/c1-13-17(14(2)21(5)20-13)26(24,25)23-11-10-22(12-18(23,3)4)16-8-6-15(19)7-9-16/h6-9H,10-12H2,1-5H3.